The molecule has 0 saturated carbocycles. The number of rotatable bonds is 4. The molecule has 0 atom stereocenters. The molecule has 116 valence electrons. The average Bonchev–Trinajstić information content (AvgIpc) is 2.43. The van der Waals surface area contributed by atoms with Crippen LogP contribution < -0.4 is 4.72 Å². The summed E-state index contributed by atoms with van der Waals surface area (Å²) in [7, 11) is -4.09. The molecule has 2 aromatic rings. The van der Waals surface area contributed by atoms with Gasteiger partial charge in [-0.15, -0.1) is 0 Å². The Balaban J connectivity index is 2.51. The summed E-state index contributed by atoms with van der Waals surface area (Å²) in [4.78, 5) is 13.7. The number of benzene rings is 1. The van der Waals surface area contributed by atoms with Crippen LogP contribution in [-0.2, 0) is 10.0 Å². The second-order valence-electron chi connectivity index (χ2n) is 4.25. The molecule has 22 heavy (non-hydrogen) atoms. The predicted octanol–water partition coefficient (Wildman–Crippen LogP) is 3.41. The number of hydrogen-bond acceptors (Lipinski definition) is 5. The highest BCUT2D eigenvalue weighted by molar-refractivity contribution is 7.92. The van der Waals surface area contributed by atoms with Crippen molar-refractivity contribution >= 4 is 44.6 Å². The fraction of sp³-hybridized carbons (Fsp3) is 0.0833. The van der Waals surface area contributed by atoms with Gasteiger partial charge in [-0.3, -0.25) is 14.8 Å². The maximum atomic E-state index is 12.3. The largest absolute Gasteiger partial charge is 0.276 e. The molecule has 1 N–H and O–H groups in total. The van der Waals surface area contributed by atoms with Gasteiger partial charge in [0.25, 0.3) is 15.7 Å². The van der Waals surface area contributed by atoms with E-state index < -0.39 is 14.9 Å². The van der Waals surface area contributed by atoms with E-state index in [1.165, 1.54) is 25.3 Å². The SMILES string of the molecule is Cc1c(Cl)cc(S(=O)(=O)Nc2cccnc2Cl)cc1[N+](=O)[O-]. The molecule has 0 spiro atoms. The first-order valence-corrected chi connectivity index (χ1v) is 8.04. The van der Waals surface area contributed by atoms with Gasteiger partial charge in [-0.05, 0) is 25.1 Å². The minimum Gasteiger partial charge on any atom is -0.276 e. The van der Waals surface area contributed by atoms with E-state index in [-0.39, 0.29) is 32.0 Å². The van der Waals surface area contributed by atoms with E-state index in [0.717, 1.165) is 12.1 Å². The molecule has 0 aliphatic heterocycles. The van der Waals surface area contributed by atoms with E-state index in [2.05, 4.69) is 9.71 Å². The zero-order valence-corrected chi connectivity index (χ0v) is 13.4. The van der Waals surface area contributed by atoms with Gasteiger partial charge in [-0.1, -0.05) is 23.2 Å². The van der Waals surface area contributed by atoms with Gasteiger partial charge >= 0.3 is 0 Å². The van der Waals surface area contributed by atoms with Crippen molar-refractivity contribution in [2.24, 2.45) is 0 Å². The number of halogens is 2. The summed E-state index contributed by atoms with van der Waals surface area (Å²) in [6.45, 7) is 1.43. The Labute approximate surface area is 136 Å². The minimum atomic E-state index is -4.09. The van der Waals surface area contributed by atoms with Crippen LogP contribution in [-0.4, -0.2) is 18.3 Å². The highest BCUT2D eigenvalue weighted by atomic mass is 35.5. The summed E-state index contributed by atoms with van der Waals surface area (Å²) >= 11 is 11.7. The Morgan fingerprint density at radius 2 is 2.00 bits per heavy atom. The molecule has 1 aromatic heterocycles. The second-order valence-corrected chi connectivity index (χ2v) is 6.70. The molecule has 7 nitrogen and oxygen atoms in total. The molecule has 2 rings (SSSR count). The van der Waals surface area contributed by atoms with Crippen molar-refractivity contribution in [3.63, 3.8) is 0 Å². The normalized spacial score (nSPS) is 11.2. The summed E-state index contributed by atoms with van der Waals surface area (Å²) in [6.07, 6.45) is 1.40. The molecular formula is C12H9Cl2N3O4S. The minimum absolute atomic E-state index is 0.0214. The first kappa shape index (κ1) is 16.5. The molecule has 0 radical (unpaired) electrons. The van der Waals surface area contributed by atoms with Crippen LogP contribution in [0.1, 0.15) is 5.56 Å². The zero-order chi connectivity index (χ0) is 16.5. The van der Waals surface area contributed by atoms with Gasteiger partial charge in [0.05, 0.1) is 20.5 Å². The van der Waals surface area contributed by atoms with E-state index in [1.807, 2.05) is 0 Å². The maximum absolute atomic E-state index is 12.3. The van der Waals surface area contributed by atoms with Crippen LogP contribution in [0, 0.1) is 17.0 Å². The molecule has 0 saturated heterocycles. The fourth-order valence-electron chi connectivity index (χ4n) is 1.65. The highest BCUT2D eigenvalue weighted by Gasteiger charge is 2.23. The summed E-state index contributed by atoms with van der Waals surface area (Å²) < 4.78 is 26.8. The standard InChI is InChI=1S/C12H9Cl2N3O4S/c1-7-9(13)5-8(6-11(7)17(18)19)22(20,21)16-10-3-2-4-15-12(10)14/h2-6,16H,1H3. The predicted molar refractivity (Wildman–Crippen MR) is 82.9 cm³/mol. The number of nitrogens with one attached hydrogen (secondary N) is 1. The van der Waals surface area contributed by atoms with Gasteiger partial charge in [-0.2, -0.15) is 0 Å². The summed E-state index contributed by atoms with van der Waals surface area (Å²) in [5.41, 5.74) is -0.140. The molecular weight excluding hydrogens is 353 g/mol. The Morgan fingerprint density at radius 1 is 1.32 bits per heavy atom. The molecule has 0 bridgehead atoms. The third-order valence-electron chi connectivity index (χ3n) is 2.80. The van der Waals surface area contributed by atoms with E-state index >= 15 is 0 Å². The lowest BCUT2D eigenvalue weighted by Crippen LogP contribution is -2.14. The molecule has 0 amide bonds. The highest BCUT2D eigenvalue weighted by Crippen LogP contribution is 2.31. The number of pyridine rings is 1. The summed E-state index contributed by atoms with van der Waals surface area (Å²) in [5.74, 6) is 0. The molecule has 0 fully saturated rings. The average molecular weight is 362 g/mol. The number of nitrogens with zero attached hydrogens (tertiary/aromatic N) is 2. The lowest BCUT2D eigenvalue weighted by atomic mass is 10.2. The molecule has 10 heteroatoms. The number of anilines is 1. The van der Waals surface area contributed by atoms with Crippen LogP contribution in [0.5, 0.6) is 0 Å². The van der Waals surface area contributed by atoms with Crippen LogP contribution in [0.3, 0.4) is 0 Å². The van der Waals surface area contributed by atoms with Gasteiger partial charge in [0.1, 0.15) is 0 Å². The van der Waals surface area contributed by atoms with Gasteiger partial charge in [0.2, 0.25) is 0 Å². The molecule has 1 aromatic carbocycles. The summed E-state index contributed by atoms with van der Waals surface area (Å²) in [6, 6.07) is 4.98. The van der Waals surface area contributed by atoms with Gasteiger partial charge in [-0.25, -0.2) is 13.4 Å². The van der Waals surface area contributed by atoms with E-state index in [9.17, 15) is 18.5 Å². The van der Waals surface area contributed by atoms with Crippen LogP contribution in [0.25, 0.3) is 0 Å². The quantitative estimate of drug-likeness (QED) is 0.510. The van der Waals surface area contributed by atoms with Crippen LogP contribution in [0.15, 0.2) is 35.4 Å². The van der Waals surface area contributed by atoms with Crippen LogP contribution >= 0.6 is 23.2 Å². The van der Waals surface area contributed by atoms with Crippen molar-refractivity contribution < 1.29 is 13.3 Å². The molecule has 1 heterocycles. The lowest BCUT2D eigenvalue weighted by molar-refractivity contribution is -0.385. The van der Waals surface area contributed by atoms with E-state index in [4.69, 9.17) is 23.2 Å². The molecule has 0 aliphatic carbocycles. The third-order valence-corrected chi connectivity index (χ3v) is 4.84. The van der Waals surface area contributed by atoms with Crippen molar-refractivity contribution in [1.82, 2.24) is 4.98 Å². The van der Waals surface area contributed by atoms with Crippen molar-refractivity contribution in [1.29, 1.82) is 0 Å². The van der Waals surface area contributed by atoms with Crippen molar-refractivity contribution in [3.8, 4) is 0 Å². The van der Waals surface area contributed by atoms with E-state index in [0.29, 0.717) is 0 Å². The monoisotopic (exact) mass is 361 g/mol. The van der Waals surface area contributed by atoms with Crippen LogP contribution in [0.2, 0.25) is 10.2 Å². The van der Waals surface area contributed by atoms with Gasteiger partial charge in [0.15, 0.2) is 5.15 Å². The number of hydrogen-bond donors (Lipinski definition) is 1. The topological polar surface area (TPSA) is 102 Å². The van der Waals surface area contributed by atoms with Crippen molar-refractivity contribution in [2.75, 3.05) is 4.72 Å². The van der Waals surface area contributed by atoms with Crippen LogP contribution in [0.4, 0.5) is 11.4 Å². The molecule has 0 aliphatic rings. The Morgan fingerprint density at radius 3 is 2.59 bits per heavy atom. The number of aromatic nitrogens is 1. The molecule has 0 unspecified atom stereocenters. The third kappa shape index (κ3) is 3.29. The van der Waals surface area contributed by atoms with E-state index in [1.54, 1.807) is 0 Å². The zero-order valence-electron chi connectivity index (χ0n) is 11.1. The second kappa shape index (κ2) is 6.07. The number of nitro benzene ring substituents is 1. The van der Waals surface area contributed by atoms with Crippen molar-refractivity contribution in [3.05, 3.63) is 56.3 Å². The number of nitro groups is 1. The Kier molecular flexibility index (Phi) is 4.55. The maximum Gasteiger partial charge on any atom is 0.275 e. The first-order valence-electron chi connectivity index (χ1n) is 5.80. The number of sulfonamides is 1. The smallest absolute Gasteiger partial charge is 0.275 e. The Hall–Kier alpha value is -1.90. The fourth-order valence-corrected chi connectivity index (χ4v) is 3.26. The lowest BCUT2D eigenvalue weighted by Gasteiger charge is -2.10. The van der Waals surface area contributed by atoms with Crippen molar-refractivity contribution in [2.45, 2.75) is 11.8 Å². The first-order chi connectivity index (χ1) is 10.2. The van der Waals surface area contributed by atoms with Gasteiger partial charge < -0.3 is 0 Å². The summed E-state index contributed by atoms with van der Waals surface area (Å²) in [5, 5.41) is 10.9. The Bertz CT molecular complexity index is 855. The van der Waals surface area contributed by atoms with Gasteiger partial charge in [0, 0.05) is 17.8 Å².